The summed E-state index contributed by atoms with van der Waals surface area (Å²) in [6, 6.07) is 0. The molecule has 0 aromatic rings. The Hall–Kier alpha value is -0.910. The first-order valence-electron chi connectivity index (χ1n) is 6.83. The van der Waals surface area contributed by atoms with E-state index in [0.717, 1.165) is 31.9 Å². The fraction of sp³-hybridized carbons (Fsp3) is 0.786. The summed E-state index contributed by atoms with van der Waals surface area (Å²) in [5.41, 5.74) is 0. The summed E-state index contributed by atoms with van der Waals surface area (Å²) in [6.45, 7) is 8.33. The average Bonchev–Trinajstić information content (AvgIpc) is 2.37. The number of carbonyl (C=O) groups is 1. The number of ether oxygens (including phenoxy) is 2. The Kier molecular flexibility index (Phi) is 11.6. The molecule has 5 nitrogen and oxygen atoms in total. The van der Waals surface area contributed by atoms with E-state index in [2.05, 4.69) is 18.4 Å². The highest BCUT2D eigenvalue weighted by Crippen LogP contribution is 1.96. The minimum atomic E-state index is -0.449. The van der Waals surface area contributed by atoms with Gasteiger partial charge in [0.2, 0.25) is 0 Å². The number of carbonyl (C=O) groups excluding carboxylic acids is 1. The lowest BCUT2D eigenvalue weighted by Gasteiger charge is -2.19. The van der Waals surface area contributed by atoms with E-state index in [1.807, 2.05) is 7.05 Å². The van der Waals surface area contributed by atoms with Crippen LogP contribution in [0.4, 0.5) is 0 Å². The molecule has 0 aliphatic carbocycles. The maximum Gasteiger partial charge on any atom is 0.330 e. The second-order valence-corrected chi connectivity index (χ2v) is 4.57. The van der Waals surface area contributed by atoms with Crippen molar-refractivity contribution in [1.82, 2.24) is 4.90 Å². The summed E-state index contributed by atoms with van der Waals surface area (Å²) in [4.78, 5) is 12.8. The molecule has 1 N–H and O–H groups in total. The Bertz CT molecular complexity index is 246. The first kappa shape index (κ1) is 18.1. The van der Waals surface area contributed by atoms with Crippen LogP contribution in [0.3, 0.4) is 0 Å². The first-order valence-corrected chi connectivity index (χ1v) is 6.83. The molecular weight excluding hydrogens is 246 g/mol. The molecule has 0 rings (SSSR count). The number of aliphatic hydroxyl groups excluding tert-OH is 1. The van der Waals surface area contributed by atoms with Crippen LogP contribution in [-0.2, 0) is 14.3 Å². The minimum Gasteiger partial charge on any atom is -0.463 e. The van der Waals surface area contributed by atoms with Gasteiger partial charge in [-0.3, -0.25) is 0 Å². The molecule has 5 heteroatoms. The zero-order chi connectivity index (χ0) is 14.5. The maximum atomic E-state index is 10.7. The van der Waals surface area contributed by atoms with Crippen LogP contribution in [0.25, 0.3) is 0 Å². The van der Waals surface area contributed by atoms with Crippen molar-refractivity contribution < 1.29 is 19.4 Å². The summed E-state index contributed by atoms with van der Waals surface area (Å²) in [5.74, 6) is -0.393. The lowest BCUT2D eigenvalue weighted by Crippen LogP contribution is -2.32. The highest BCUT2D eigenvalue weighted by atomic mass is 16.5. The molecule has 1 unspecified atom stereocenters. The van der Waals surface area contributed by atoms with Gasteiger partial charge in [-0.15, -0.1) is 0 Å². The molecule has 0 aliphatic heterocycles. The lowest BCUT2D eigenvalue weighted by molar-refractivity contribution is -0.137. The smallest absolute Gasteiger partial charge is 0.330 e. The standard InChI is InChI=1S/C14H27NO4/c1-4-8-15(3)11-13(16)12-18-9-6-7-10-19-14(17)5-2/h5,13,16H,2,4,6-12H2,1,3H3. The molecule has 0 aliphatic rings. The summed E-state index contributed by atoms with van der Waals surface area (Å²) < 4.78 is 10.2. The SMILES string of the molecule is C=CC(=O)OCCCCOCC(O)CN(C)CCC. The van der Waals surface area contributed by atoms with Gasteiger partial charge >= 0.3 is 5.97 Å². The van der Waals surface area contributed by atoms with Gasteiger partial charge in [-0.1, -0.05) is 13.5 Å². The van der Waals surface area contributed by atoms with E-state index >= 15 is 0 Å². The Morgan fingerprint density at radius 2 is 2.11 bits per heavy atom. The van der Waals surface area contributed by atoms with Gasteiger partial charge in [0.15, 0.2) is 0 Å². The van der Waals surface area contributed by atoms with Crippen LogP contribution < -0.4 is 0 Å². The molecule has 0 heterocycles. The molecule has 0 radical (unpaired) electrons. The van der Waals surface area contributed by atoms with Crippen LogP contribution in [0.5, 0.6) is 0 Å². The molecule has 0 saturated carbocycles. The van der Waals surface area contributed by atoms with Crippen molar-refractivity contribution in [2.45, 2.75) is 32.3 Å². The second kappa shape index (κ2) is 12.1. The lowest BCUT2D eigenvalue weighted by atomic mass is 10.3. The molecule has 19 heavy (non-hydrogen) atoms. The number of nitrogens with zero attached hydrogens (tertiary/aromatic N) is 1. The third-order valence-electron chi connectivity index (χ3n) is 2.53. The molecule has 0 spiro atoms. The van der Waals surface area contributed by atoms with Gasteiger partial charge in [-0.25, -0.2) is 4.79 Å². The van der Waals surface area contributed by atoms with Gasteiger partial charge in [-0.2, -0.15) is 0 Å². The number of aliphatic hydroxyl groups is 1. The number of rotatable bonds is 12. The van der Waals surface area contributed by atoms with E-state index in [-0.39, 0.29) is 0 Å². The number of hydrogen-bond donors (Lipinski definition) is 1. The van der Waals surface area contributed by atoms with Gasteiger partial charge in [0.25, 0.3) is 0 Å². The third kappa shape index (κ3) is 11.9. The van der Waals surface area contributed by atoms with Crippen LogP contribution in [0, 0.1) is 0 Å². The van der Waals surface area contributed by atoms with E-state index in [4.69, 9.17) is 9.47 Å². The van der Waals surface area contributed by atoms with E-state index < -0.39 is 12.1 Å². The topological polar surface area (TPSA) is 59.0 Å². The Labute approximate surface area is 116 Å². The summed E-state index contributed by atoms with van der Waals surface area (Å²) >= 11 is 0. The zero-order valence-electron chi connectivity index (χ0n) is 12.1. The minimum absolute atomic E-state index is 0.348. The number of likely N-dealkylation sites (N-methyl/N-ethyl adjacent to an activating group) is 1. The predicted octanol–water partition coefficient (Wildman–Crippen LogP) is 1.22. The van der Waals surface area contributed by atoms with E-state index in [1.165, 1.54) is 0 Å². The third-order valence-corrected chi connectivity index (χ3v) is 2.53. The second-order valence-electron chi connectivity index (χ2n) is 4.57. The quantitative estimate of drug-likeness (QED) is 0.329. The Balaban J connectivity index is 3.33. The normalized spacial score (nSPS) is 12.4. The summed E-state index contributed by atoms with van der Waals surface area (Å²) in [7, 11) is 1.99. The molecule has 0 bridgehead atoms. The first-order chi connectivity index (χ1) is 9.10. The summed E-state index contributed by atoms with van der Waals surface area (Å²) in [6.07, 6.45) is 3.34. The number of unbranched alkanes of at least 4 members (excludes halogenated alkanes) is 1. The monoisotopic (exact) mass is 273 g/mol. The summed E-state index contributed by atoms with van der Waals surface area (Å²) in [5, 5.41) is 9.71. The van der Waals surface area contributed by atoms with Gasteiger partial charge < -0.3 is 19.5 Å². The van der Waals surface area contributed by atoms with Crippen LogP contribution in [-0.4, -0.2) is 62.0 Å². The van der Waals surface area contributed by atoms with E-state index in [9.17, 15) is 9.90 Å². The van der Waals surface area contributed by atoms with Crippen molar-refractivity contribution in [3.05, 3.63) is 12.7 Å². The zero-order valence-corrected chi connectivity index (χ0v) is 12.1. The van der Waals surface area contributed by atoms with Crippen molar-refractivity contribution >= 4 is 5.97 Å². The molecule has 0 aromatic carbocycles. The largest absolute Gasteiger partial charge is 0.463 e. The number of hydrogen-bond acceptors (Lipinski definition) is 5. The molecule has 0 fully saturated rings. The van der Waals surface area contributed by atoms with Crippen LogP contribution >= 0.6 is 0 Å². The van der Waals surface area contributed by atoms with Gasteiger partial charge in [0.1, 0.15) is 0 Å². The highest BCUT2D eigenvalue weighted by molar-refractivity contribution is 5.81. The molecule has 1 atom stereocenters. The van der Waals surface area contributed by atoms with Crippen molar-refractivity contribution in [2.75, 3.05) is 40.0 Å². The van der Waals surface area contributed by atoms with Gasteiger partial charge in [0, 0.05) is 19.2 Å². The Morgan fingerprint density at radius 3 is 2.74 bits per heavy atom. The highest BCUT2D eigenvalue weighted by Gasteiger charge is 2.07. The van der Waals surface area contributed by atoms with Crippen LogP contribution in [0.2, 0.25) is 0 Å². The van der Waals surface area contributed by atoms with Crippen molar-refractivity contribution in [3.8, 4) is 0 Å². The van der Waals surface area contributed by atoms with Crippen LogP contribution in [0.1, 0.15) is 26.2 Å². The average molecular weight is 273 g/mol. The predicted molar refractivity (Wildman–Crippen MR) is 75.0 cm³/mol. The molecule has 0 amide bonds. The number of esters is 1. The maximum absolute atomic E-state index is 10.7. The molecule has 0 aromatic heterocycles. The molecular formula is C14H27NO4. The van der Waals surface area contributed by atoms with E-state index in [0.29, 0.717) is 26.4 Å². The van der Waals surface area contributed by atoms with Crippen molar-refractivity contribution in [3.63, 3.8) is 0 Å². The molecule has 112 valence electrons. The fourth-order valence-electron chi connectivity index (χ4n) is 1.64. The Morgan fingerprint density at radius 1 is 1.42 bits per heavy atom. The fourth-order valence-corrected chi connectivity index (χ4v) is 1.64. The van der Waals surface area contributed by atoms with Crippen molar-refractivity contribution in [1.29, 1.82) is 0 Å². The molecule has 0 saturated heterocycles. The van der Waals surface area contributed by atoms with Gasteiger partial charge in [0.05, 0.1) is 19.3 Å². The van der Waals surface area contributed by atoms with Crippen LogP contribution in [0.15, 0.2) is 12.7 Å². The van der Waals surface area contributed by atoms with E-state index in [1.54, 1.807) is 0 Å². The van der Waals surface area contributed by atoms with Gasteiger partial charge in [-0.05, 0) is 32.9 Å². The van der Waals surface area contributed by atoms with Crippen molar-refractivity contribution in [2.24, 2.45) is 0 Å².